The maximum absolute atomic E-state index is 12.1. The van der Waals surface area contributed by atoms with Gasteiger partial charge in [-0.2, -0.15) is 0 Å². The standard InChI is InChI=1S/C13H11BrN4O3/c1-8-15-5-4-9(17-8)7-16-13(19)11-6-10(18(20)21)2-3-12(11)14/h2-6H,7H2,1H3,(H,16,19). The molecule has 1 aromatic carbocycles. The number of hydrogen-bond donors (Lipinski definition) is 1. The van der Waals surface area contributed by atoms with Crippen LogP contribution in [0.25, 0.3) is 0 Å². The fourth-order valence-corrected chi connectivity index (χ4v) is 2.10. The first-order chi connectivity index (χ1) is 9.97. The lowest BCUT2D eigenvalue weighted by Crippen LogP contribution is -2.24. The minimum atomic E-state index is -0.545. The van der Waals surface area contributed by atoms with Crippen molar-refractivity contribution >= 4 is 27.5 Å². The minimum absolute atomic E-state index is 0.138. The average molecular weight is 351 g/mol. The quantitative estimate of drug-likeness (QED) is 0.674. The van der Waals surface area contributed by atoms with E-state index in [9.17, 15) is 14.9 Å². The zero-order valence-corrected chi connectivity index (χ0v) is 12.6. The maximum Gasteiger partial charge on any atom is 0.270 e. The number of halogens is 1. The van der Waals surface area contributed by atoms with E-state index in [1.54, 1.807) is 19.2 Å². The number of aryl methyl sites for hydroxylation is 1. The summed E-state index contributed by atoms with van der Waals surface area (Å²) in [6.07, 6.45) is 1.60. The molecule has 21 heavy (non-hydrogen) atoms. The van der Waals surface area contributed by atoms with E-state index < -0.39 is 10.8 Å². The van der Waals surface area contributed by atoms with Gasteiger partial charge in [0.05, 0.1) is 22.7 Å². The van der Waals surface area contributed by atoms with Crippen LogP contribution in [0.4, 0.5) is 5.69 Å². The van der Waals surface area contributed by atoms with E-state index in [1.165, 1.54) is 18.2 Å². The van der Waals surface area contributed by atoms with E-state index in [0.717, 1.165) is 0 Å². The zero-order valence-electron chi connectivity index (χ0n) is 11.0. The molecule has 0 spiro atoms. The summed E-state index contributed by atoms with van der Waals surface area (Å²) in [5, 5.41) is 13.4. The number of aromatic nitrogens is 2. The van der Waals surface area contributed by atoms with E-state index in [0.29, 0.717) is 16.0 Å². The Hall–Kier alpha value is -2.35. The number of hydrogen-bond acceptors (Lipinski definition) is 5. The molecule has 2 rings (SSSR count). The zero-order chi connectivity index (χ0) is 15.4. The lowest BCUT2D eigenvalue weighted by atomic mass is 10.2. The number of carbonyl (C=O) groups excluding carboxylic acids is 1. The van der Waals surface area contributed by atoms with Crippen LogP contribution in [0.3, 0.4) is 0 Å². The Labute approximate surface area is 128 Å². The van der Waals surface area contributed by atoms with E-state index in [1.807, 2.05) is 0 Å². The second kappa shape index (κ2) is 6.40. The molecule has 108 valence electrons. The summed E-state index contributed by atoms with van der Waals surface area (Å²) in [4.78, 5) is 30.4. The van der Waals surface area contributed by atoms with Gasteiger partial charge < -0.3 is 5.32 Å². The molecule has 0 bridgehead atoms. The summed E-state index contributed by atoms with van der Waals surface area (Å²) >= 11 is 3.21. The number of rotatable bonds is 4. The van der Waals surface area contributed by atoms with Gasteiger partial charge in [-0.25, -0.2) is 9.97 Å². The fraction of sp³-hybridized carbons (Fsp3) is 0.154. The van der Waals surface area contributed by atoms with Crippen LogP contribution in [-0.4, -0.2) is 20.8 Å². The van der Waals surface area contributed by atoms with Gasteiger partial charge >= 0.3 is 0 Å². The number of nitrogens with zero attached hydrogens (tertiary/aromatic N) is 3. The second-order valence-corrected chi connectivity index (χ2v) is 5.05. The minimum Gasteiger partial charge on any atom is -0.346 e. The molecule has 0 saturated carbocycles. The highest BCUT2D eigenvalue weighted by Gasteiger charge is 2.15. The monoisotopic (exact) mass is 350 g/mol. The molecule has 0 aliphatic carbocycles. The van der Waals surface area contributed by atoms with Gasteiger partial charge in [0, 0.05) is 22.8 Å². The van der Waals surface area contributed by atoms with Crippen molar-refractivity contribution in [1.29, 1.82) is 0 Å². The summed E-state index contributed by atoms with van der Waals surface area (Å²) in [7, 11) is 0. The largest absolute Gasteiger partial charge is 0.346 e. The molecule has 0 radical (unpaired) electrons. The Morgan fingerprint density at radius 2 is 2.19 bits per heavy atom. The third kappa shape index (κ3) is 3.82. The van der Waals surface area contributed by atoms with Crippen molar-refractivity contribution in [2.24, 2.45) is 0 Å². The molecule has 1 heterocycles. The second-order valence-electron chi connectivity index (χ2n) is 4.20. The molecule has 0 unspecified atom stereocenters. The number of benzene rings is 1. The van der Waals surface area contributed by atoms with Crippen molar-refractivity contribution in [1.82, 2.24) is 15.3 Å². The smallest absolute Gasteiger partial charge is 0.270 e. The highest BCUT2D eigenvalue weighted by molar-refractivity contribution is 9.10. The van der Waals surface area contributed by atoms with Gasteiger partial charge in [0.15, 0.2) is 0 Å². The third-order valence-corrected chi connectivity index (χ3v) is 3.36. The molecule has 2 aromatic rings. The Morgan fingerprint density at radius 1 is 1.43 bits per heavy atom. The van der Waals surface area contributed by atoms with Gasteiger partial charge in [-0.1, -0.05) is 0 Å². The van der Waals surface area contributed by atoms with Crippen molar-refractivity contribution < 1.29 is 9.72 Å². The van der Waals surface area contributed by atoms with Gasteiger partial charge in [0.1, 0.15) is 5.82 Å². The van der Waals surface area contributed by atoms with E-state index >= 15 is 0 Å². The van der Waals surface area contributed by atoms with Crippen LogP contribution in [0.1, 0.15) is 21.9 Å². The average Bonchev–Trinajstić information content (AvgIpc) is 2.45. The van der Waals surface area contributed by atoms with Crippen LogP contribution in [0.5, 0.6) is 0 Å². The Balaban J connectivity index is 2.13. The number of amides is 1. The molecule has 1 amide bonds. The van der Waals surface area contributed by atoms with Gasteiger partial charge in [-0.15, -0.1) is 0 Å². The number of nitro groups is 1. The van der Waals surface area contributed by atoms with Crippen LogP contribution in [0.2, 0.25) is 0 Å². The Kier molecular flexibility index (Phi) is 4.59. The van der Waals surface area contributed by atoms with E-state index in [-0.39, 0.29) is 17.8 Å². The maximum atomic E-state index is 12.1. The molecule has 0 saturated heterocycles. The number of non-ortho nitro benzene ring substituents is 1. The van der Waals surface area contributed by atoms with Crippen molar-refractivity contribution in [3.05, 3.63) is 62.1 Å². The molecule has 1 aromatic heterocycles. The van der Waals surface area contributed by atoms with Gasteiger partial charge in [-0.05, 0) is 35.0 Å². The molecule has 1 N–H and O–H groups in total. The molecule has 0 atom stereocenters. The first-order valence-corrected chi connectivity index (χ1v) is 6.77. The molecule has 0 aliphatic heterocycles. The fourth-order valence-electron chi connectivity index (χ4n) is 1.67. The lowest BCUT2D eigenvalue weighted by Gasteiger charge is -2.07. The predicted molar refractivity (Wildman–Crippen MR) is 78.7 cm³/mol. The van der Waals surface area contributed by atoms with E-state index in [2.05, 4.69) is 31.2 Å². The normalized spacial score (nSPS) is 10.2. The number of nitro benzene ring substituents is 1. The predicted octanol–water partition coefficient (Wildman–Crippen LogP) is 2.39. The summed E-state index contributed by atoms with van der Waals surface area (Å²) in [5.41, 5.74) is 0.730. The van der Waals surface area contributed by atoms with Crippen LogP contribution in [0.15, 0.2) is 34.9 Å². The molecule has 7 nitrogen and oxygen atoms in total. The first-order valence-electron chi connectivity index (χ1n) is 5.98. The summed E-state index contributed by atoms with van der Waals surface area (Å²) in [6, 6.07) is 5.72. The van der Waals surface area contributed by atoms with Gasteiger partial charge in [0.2, 0.25) is 0 Å². The summed E-state index contributed by atoms with van der Waals surface area (Å²) < 4.78 is 0.490. The molecular weight excluding hydrogens is 340 g/mol. The third-order valence-electron chi connectivity index (χ3n) is 2.67. The van der Waals surface area contributed by atoms with E-state index in [4.69, 9.17) is 0 Å². The molecule has 0 fully saturated rings. The first kappa shape index (κ1) is 15.0. The van der Waals surface area contributed by atoms with Crippen LogP contribution in [0, 0.1) is 17.0 Å². The molecule has 8 heteroatoms. The van der Waals surface area contributed by atoms with Gasteiger partial charge in [-0.3, -0.25) is 14.9 Å². The molecular formula is C13H11BrN4O3. The van der Waals surface area contributed by atoms with Crippen LogP contribution >= 0.6 is 15.9 Å². The number of carbonyl (C=O) groups is 1. The highest BCUT2D eigenvalue weighted by atomic mass is 79.9. The van der Waals surface area contributed by atoms with Crippen LogP contribution in [-0.2, 0) is 6.54 Å². The summed E-state index contributed by atoms with van der Waals surface area (Å²) in [5.74, 6) is 0.195. The highest BCUT2D eigenvalue weighted by Crippen LogP contribution is 2.22. The lowest BCUT2D eigenvalue weighted by molar-refractivity contribution is -0.384. The Bertz CT molecular complexity index is 706. The SMILES string of the molecule is Cc1nccc(CNC(=O)c2cc([N+](=O)[O-])ccc2Br)n1. The molecule has 0 aliphatic rings. The summed E-state index contributed by atoms with van der Waals surface area (Å²) in [6.45, 7) is 1.97. The van der Waals surface area contributed by atoms with Crippen molar-refractivity contribution in [2.45, 2.75) is 13.5 Å². The van der Waals surface area contributed by atoms with Gasteiger partial charge in [0.25, 0.3) is 11.6 Å². The van der Waals surface area contributed by atoms with Crippen molar-refractivity contribution in [2.75, 3.05) is 0 Å². The van der Waals surface area contributed by atoms with Crippen molar-refractivity contribution in [3.8, 4) is 0 Å². The Morgan fingerprint density at radius 3 is 2.86 bits per heavy atom. The van der Waals surface area contributed by atoms with Crippen molar-refractivity contribution in [3.63, 3.8) is 0 Å². The number of nitrogens with one attached hydrogen (secondary N) is 1. The topological polar surface area (TPSA) is 98.0 Å². The van der Waals surface area contributed by atoms with Crippen LogP contribution < -0.4 is 5.32 Å².